The zero-order valence-electron chi connectivity index (χ0n) is 12.6. The van der Waals surface area contributed by atoms with Gasteiger partial charge in [-0.15, -0.1) is 0 Å². The fourth-order valence-electron chi connectivity index (χ4n) is 2.53. The van der Waals surface area contributed by atoms with Gasteiger partial charge in [-0.05, 0) is 37.1 Å². The van der Waals surface area contributed by atoms with Crippen molar-refractivity contribution in [2.24, 2.45) is 0 Å². The SMILES string of the molecule is Cc1cncc(C)c1C(=O)NCc1ccc2ccccc2n1. The van der Waals surface area contributed by atoms with E-state index in [2.05, 4.69) is 15.3 Å². The highest BCUT2D eigenvalue weighted by Gasteiger charge is 2.12. The molecule has 0 unspecified atom stereocenters. The lowest BCUT2D eigenvalue weighted by Crippen LogP contribution is -2.25. The normalized spacial score (nSPS) is 10.6. The molecule has 0 spiro atoms. The zero-order chi connectivity index (χ0) is 15.5. The lowest BCUT2D eigenvalue weighted by Gasteiger charge is -2.10. The first kappa shape index (κ1) is 14.2. The first-order valence-electron chi connectivity index (χ1n) is 7.19. The first-order valence-corrected chi connectivity index (χ1v) is 7.19. The monoisotopic (exact) mass is 291 g/mol. The number of fused-ring (bicyclic) bond motifs is 1. The van der Waals surface area contributed by atoms with E-state index in [4.69, 9.17) is 0 Å². The van der Waals surface area contributed by atoms with Crippen LogP contribution >= 0.6 is 0 Å². The molecular formula is C18H17N3O. The van der Waals surface area contributed by atoms with Gasteiger partial charge in [0.25, 0.3) is 5.91 Å². The van der Waals surface area contributed by atoms with Gasteiger partial charge in [-0.1, -0.05) is 24.3 Å². The Balaban J connectivity index is 1.77. The smallest absolute Gasteiger partial charge is 0.252 e. The van der Waals surface area contributed by atoms with Gasteiger partial charge in [0.15, 0.2) is 0 Å². The second-order valence-electron chi connectivity index (χ2n) is 5.33. The van der Waals surface area contributed by atoms with Crippen molar-refractivity contribution in [3.05, 3.63) is 71.2 Å². The standard InChI is InChI=1S/C18H17N3O/c1-12-9-19-10-13(2)17(12)18(22)20-11-15-8-7-14-5-3-4-6-16(14)21-15/h3-10H,11H2,1-2H3,(H,20,22). The molecule has 1 N–H and O–H groups in total. The number of benzene rings is 1. The second kappa shape index (κ2) is 5.93. The summed E-state index contributed by atoms with van der Waals surface area (Å²) >= 11 is 0. The highest BCUT2D eigenvalue weighted by Crippen LogP contribution is 2.13. The molecule has 1 amide bonds. The minimum Gasteiger partial charge on any atom is -0.346 e. The van der Waals surface area contributed by atoms with Gasteiger partial charge in [0.05, 0.1) is 17.8 Å². The first-order chi connectivity index (χ1) is 10.6. The summed E-state index contributed by atoms with van der Waals surface area (Å²) < 4.78 is 0. The van der Waals surface area contributed by atoms with E-state index in [1.165, 1.54) is 0 Å². The second-order valence-corrected chi connectivity index (χ2v) is 5.33. The molecule has 3 aromatic rings. The Kier molecular flexibility index (Phi) is 3.83. The van der Waals surface area contributed by atoms with Crippen LogP contribution in [-0.4, -0.2) is 15.9 Å². The number of nitrogens with one attached hydrogen (secondary N) is 1. The van der Waals surface area contributed by atoms with Crippen molar-refractivity contribution in [3.8, 4) is 0 Å². The summed E-state index contributed by atoms with van der Waals surface area (Å²) in [6, 6.07) is 11.9. The molecule has 0 radical (unpaired) electrons. The number of para-hydroxylation sites is 1. The van der Waals surface area contributed by atoms with Crippen LogP contribution in [0.3, 0.4) is 0 Å². The van der Waals surface area contributed by atoms with Gasteiger partial charge >= 0.3 is 0 Å². The topological polar surface area (TPSA) is 54.9 Å². The van der Waals surface area contributed by atoms with E-state index in [0.29, 0.717) is 12.1 Å². The lowest BCUT2D eigenvalue weighted by atomic mass is 10.1. The van der Waals surface area contributed by atoms with Crippen LogP contribution in [0, 0.1) is 13.8 Å². The van der Waals surface area contributed by atoms with Crippen molar-refractivity contribution >= 4 is 16.8 Å². The number of nitrogens with zero attached hydrogens (tertiary/aromatic N) is 2. The largest absolute Gasteiger partial charge is 0.346 e. The molecule has 2 heterocycles. The summed E-state index contributed by atoms with van der Waals surface area (Å²) in [6.45, 7) is 4.19. The average molecular weight is 291 g/mol. The summed E-state index contributed by atoms with van der Waals surface area (Å²) in [5.41, 5.74) is 4.23. The van der Waals surface area contributed by atoms with Gasteiger partial charge in [0.2, 0.25) is 0 Å². The zero-order valence-corrected chi connectivity index (χ0v) is 12.6. The molecule has 0 aliphatic carbocycles. The van der Waals surface area contributed by atoms with Crippen LogP contribution in [0.25, 0.3) is 10.9 Å². The van der Waals surface area contributed by atoms with Gasteiger partial charge in [-0.25, -0.2) is 0 Å². The van der Waals surface area contributed by atoms with Crippen LogP contribution in [0.1, 0.15) is 27.2 Å². The molecular weight excluding hydrogens is 274 g/mol. The van der Waals surface area contributed by atoms with Gasteiger partial charge in [-0.3, -0.25) is 14.8 Å². The Bertz CT molecular complexity index is 822. The molecule has 0 bridgehead atoms. The molecule has 110 valence electrons. The van der Waals surface area contributed by atoms with E-state index in [0.717, 1.165) is 27.7 Å². The summed E-state index contributed by atoms with van der Waals surface area (Å²) in [7, 11) is 0. The minimum atomic E-state index is -0.0904. The van der Waals surface area contributed by atoms with Crippen LogP contribution < -0.4 is 5.32 Å². The Morgan fingerprint density at radius 3 is 2.55 bits per heavy atom. The number of hydrogen-bond donors (Lipinski definition) is 1. The molecule has 0 saturated heterocycles. The van der Waals surface area contributed by atoms with Crippen molar-refractivity contribution in [1.29, 1.82) is 0 Å². The van der Waals surface area contributed by atoms with Crippen molar-refractivity contribution in [2.75, 3.05) is 0 Å². The summed E-state index contributed by atoms with van der Waals surface area (Å²) in [4.78, 5) is 21.0. The Morgan fingerprint density at radius 1 is 1.05 bits per heavy atom. The number of rotatable bonds is 3. The van der Waals surface area contributed by atoms with E-state index in [9.17, 15) is 4.79 Å². The van der Waals surface area contributed by atoms with E-state index in [1.807, 2.05) is 50.2 Å². The van der Waals surface area contributed by atoms with Crippen molar-refractivity contribution in [3.63, 3.8) is 0 Å². The predicted molar refractivity (Wildman–Crippen MR) is 86.6 cm³/mol. The third-order valence-electron chi connectivity index (χ3n) is 3.64. The highest BCUT2D eigenvalue weighted by molar-refractivity contribution is 5.96. The molecule has 0 aliphatic heterocycles. The summed E-state index contributed by atoms with van der Waals surface area (Å²) in [5, 5.41) is 4.03. The molecule has 3 rings (SSSR count). The third kappa shape index (κ3) is 2.81. The number of amides is 1. The van der Waals surface area contributed by atoms with E-state index < -0.39 is 0 Å². The van der Waals surface area contributed by atoms with E-state index in [-0.39, 0.29) is 5.91 Å². The Hall–Kier alpha value is -2.75. The fraction of sp³-hybridized carbons (Fsp3) is 0.167. The predicted octanol–water partition coefficient (Wildman–Crippen LogP) is 3.18. The van der Waals surface area contributed by atoms with Crippen LogP contribution in [0.2, 0.25) is 0 Å². The minimum absolute atomic E-state index is 0.0904. The van der Waals surface area contributed by atoms with Gasteiger partial charge in [0, 0.05) is 23.3 Å². The van der Waals surface area contributed by atoms with Crippen molar-refractivity contribution in [1.82, 2.24) is 15.3 Å². The van der Waals surface area contributed by atoms with E-state index in [1.54, 1.807) is 12.4 Å². The number of pyridine rings is 2. The van der Waals surface area contributed by atoms with E-state index >= 15 is 0 Å². The van der Waals surface area contributed by atoms with Gasteiger partial charge in [-0.2, -0.15) is 0 Å². The number of carbonyl (C=O) groups excluding carboxylic acids is 1. The summed E-state index contributed by atoms with van der Waals surface area (Å²) in [6.07, 6.45) is 3.41. The molecule has 0 saturated carbocycles. The highest BCUT2D eigenvalue weighted by atomic mass is 16.1. The fourth-order valence-corrected chi connectivity index (χ4v) is 2.53. The Morgan fingerprint density at radius 2 is 1.77 bits per heavy atom. The van der Waals surface area contributed by atoms with Crippen LogP contribution in [0.5, 0.6) is 0 Å². The maximum atomic E-state index is 12.4. The molecule has 4 nitrogen and oxygen atoms in total. The molecule has 0 atom stereocenters. The molecule has 4 heteroatoms. The van der Waals surface area contributed by atoms with Gasteiger partial charge in [0.1, 0.15) is 0 Å². The molecule has 1 aromatic carbocycles. The molecule has 22 heavy (non-hydrogen) atoms. The maximum Gasteiger partial charge on any atom is 0.252 e. The third-order valence-corrected chi connectivity index (χ3v) is 3.64. The maximum absolute atomic E-state index is 12.4. The number of aryl methyl sites for hydroxylation is 2. The molecule has 0 aliphatic rings. The quantitative estimate of drug-likeness (QED) is 0.806. The number of aromatic nitrogens is 2. The molecule has 2 aromatic heterocycles. The van der Waals surface area contributed by atoms with Crippen molar-refractivity contribution in [2.45, 2.75) is 20.4 Å². The number of carbonyl (C=O) groups is 1. The van der Waals surface area contributed by atoms with Gasteiger partial charge < -0.3 is 5.32 Å². The summed E-state index contributed by atoms with van der Waals surface area (Å²) in [5.74, 6) is -0.0904. The van der Waals surface area contributed by atoms with Crippen LogP contribution in [0.15, 0.2) is 48.8 Å². The van der Waals surface area contributed by atoms with Crippen LogP contribution in [-0.2, 0) is 6.54 Å². The molecule has 0 fully saturated rings. The van der Waals surface area contributed by atoms with Crippen molar-refractivity contribution < 1.29 is 4.79 Å². The Labute approximate surface area is 129 Å². The number of hydrogen-bond acceptors (Lipinski definition) is 3. The lowest BCUT2D eigenvalue weighted by molar-refractivity contribution is 0.0949. The van der Waals surface area contributed by atoms with Crippen LogP contribution in [0.4, 0.5) is 0 Å². The average Bonchev–Trinajstić information content (AvgIpc) is 2.52.